The summed E-state index contributed by atoms with van der Waals surface area (Å²) in [5.41, 5.74) is 8.53. The van der Waals surface area contributed by atoms with Crippen molar-refractivity contribution in [2.45, 2.75) is 0 Å². The quantitative estimate of drug-likeness (QED) is 0.231. The van der Waals surface area contributed by atoms with Crippen molar-refractivity contribution in [2.24, 2.45) is 0 Å². The maximum absolute atomic E-state index is 4.95. The van der Waals surface area contributed by atoms with Crippen LogP contribution in [0.4, 0.5) is 0 Å². The van der Waals surface area contributed by atoms with Crippen molar-refractivity contribution in [2.75, 3.05) is 0 Å². The van der Waals surface area contributed by atoms with E-state index in [1.54, 1.807) is 0 Å². The molecule has 0 radical (unpaired) electrons. The molecule has 0 spiro atoms. The minimum Gasteiger partial charge on any atom is -0.308 e. The van der Waals surface area contributed by atoms with Crippen LogP contribution in [-0.4, -0.2) is 9.38 Å². The van der Waals surface area contributed by atoms with Gasteiger partial charge in [-0.15, -0.1) is 11.3 Å². The fourth-order valence-corrected chi connectivity index (χ4v) is 7.70. The molecule has 9 rings (SSSR count). The molecular formula is C35H20N2S. The van der Waals surface area contributed by atoms with Crippen molar-refractivity contribution in [3.63, 3.8) is 0 Å². The molecule has 0 aliphatic heterocycles. The van der Waals surface area contributed by atoms with Crippen LogP contribution < -0.4 is 0 Å². The Kier molecular flexibility index (Phi) is 3.96. The monoisotopic (exact) mass is 500 g/mol. The smallest absolute Gasteiger partial charge is 0.0881 e. The summed E-state index contributed by atoms with van der Waals surface area (Å²) in [6.07, 6.45) is 1.96. The second-order valence-corrected chi connectivity index (χ2v) is 11.0. The van der Waals surface area contributed by atoms with Gasteiger partial charge in [0, 0.05) is 48.8 Å². The van der Waals surface area contributed by atoms with Crippen LogP contribution in [0.5, 0.6) is 0 Å². The van der Waals surface area contributed by atoms with Gasteiger partial charge in [-0.3, -0.25) is 4.98 Å². The molecule has 4 aromatic heterocycles. The van der Waals surface area contributed by atoms with Gasteiger partial charge in [0.1, 0.15) is 0 Å². The molecule has 9 aromatic rings. The van der Waals surface area contributed by atoms with Crippen LogP contribution in [0.3, 0.4) is 0 Å². The molecule has 0 unspecified atom stereocenters. The van der Waals surface area contributed by atoms with Crippen molar-refractivity contribution in [1.29, 1.82) is 0 Å². The minimum atomic E-state index is 1.05. The van der Waals surface area contributed by atoms with Crippen LogP contribution in [-0.2, 0) is 0 Å². The molecule has 5 aromatic carbocycles. The number of benzene rings is 5. The first-order chi connectivity index (χ1) is 18.9. The lowest BCUT2D eigenvalue weighted by Crippen LogP contribution is -1.85. The lowest BCUT2D eigenvalue weighted by Gasteiger charge is -2.04. The third kappa shape index (κ3) is 2.59. The summed E-state index contributed by atoms with van der Waals surface area (Å²) >= 11 is 1.85. The topological polar surface area (TPSA) is 17.3 Å². The molecule has 0 bridgehead atoms. The highest BCUT2D eigenvalue weighted by atomic mass is 32.1. The van der Waals surface area contributed by atoms with E-state index in [-0.39, 0.29) is 0 Å². The normalized spacial score (nSPS) is 12.2. The van der Waals surface area contributed by atoms with E-state index >= 15 is 0 Å². The fraction of sp³-hybridized carbons (Fsp3) is 0. The Morgan fingerprint density at radius 1 is 0.500 bits per heavy atom. The van der Waals surface area contributed by atoms with Gasteiger partial charge in [0.2, 0.25) is 0 Å². The summed E-state index contributed by atoms with van der Waals surface area (Å²) in [6, 6.07) is 41.8. The summed E-state index contributed by atoms with van der Waals surface area (Å²) < 4.78 is 5.00. The lowest BCUT2D eigenvalue weighted by atomic mass is 10.0. The summed E-state index contributed by atoms with van der Waals surface area (Å²) in [6.45, 7) is 0. The fourth-order valence-electron chi connectivity index (χ4n) is 6.35. The number of aromatic nitrogens is 2. The number of rotatable bonds is 2. The Hall–Kier alpha value is -4.73. The van der Waals surface area contributed by atoms with Crippen molar-refractivity contribution < 1.29 is 0 Å². The van der Waals surface area contributed by atoms with Crippen LogP contribution in [0.25, 0.3) is 80.7 Å². The number of thiophene rings is 1. The maximum atomic E-state index is 4.95. The van der Waals surface area contributed by atoms with Gasteiger partial charge in [0.05, 0.1) is 26.9 Å². The number of para-hydroxylation sites is 2. The average Bonchev–Trinajstić information content (AvgIpc) is 3.64. The van der Waals surface area contributed by atoms with Crippen LogP contribution in [0.1, 0.15) is 0 Å². The van der Waals surface area contributed by atoms with Gasteiger partial charge in [0.15, 0.2) is 0 Å². The van der Waals surface area contributed by atoms with Gasteiger partial charge in [-0.2, -0.15) is 0 Å². The SMILES string of the molecule is c1ccc(-c2cccc3c2sc2c(-c4ccc5c6cccc7c8ccccc8n(c5c4)c76)nccc23)cc1. The number of hydrogen-bond acceptors (Lipinski definition) is 2. The lowest BCUT2D eigenvalue weighted by molar-refractivity contribution is 1.35. The third-order valence-corrected chi connectivity index (χ3v) is 9.26. The minimum absolute atomic E-state index is 1.05. The third-order valence-electron chi connectivity index (χ3n) is 8.00. The summed E-state index contributed by atoms with van der Waals surface area (Å²) in [5.74, 6) is 0. The van der Waals surface area contributed by atoms with E-state index in [0.717, 1.165) is 11.3 Å². The van der Waals surface area contributed by atoms with E-state index in [0.29, 0.717) is 0 Å². The number of fused-ring (bicyclic) bond motifs is 9. The zero-order valence-corrected chi connectivity index (χ0v) is 21.2. The first-order valence-electron chi connectivity index (χ1n) is 12.9. The van der Waals surface area contributed by atoms with Crippen LogP contribution in [0.2, 0.25) is 0 Å². The Morgan fingerprint density at radius 2 is 1.21 bits per heavy atom. The standard InChI is InChI=1S/C35H20N2S/c1-2-8-21(9-3-1)23-11-6-14-28-29-18-19-36-32(35(29)38-34(23)28)22-16-17-25-27-13-7-12-26-24-10-4-5-15-30(24)37(33(26)27)31(25)20-22/h1-20H. The van der Waals surface area contributed by atoms with E-state index < -0.39 is 0 Å². The molecule has 0 atom stereocenters. The van der Waals surface area contributed by atoms with Gasteiger partial charge in [0.25, 0.3) is 0 Å². The molecule has 2 nitrogen and oxygen atoms in total. The van der Waals surface area contributed by atoms with Crippen molar-refractivity contribution in [3.05, 3.63) is 121 Å². The van der Waals surface area contributed by atoms with Crippen molar-refractivity contribution in [1.82, 2.24) is 9.38 Å². The van der Waals surface area contributed by atoms with E-state index in [9.17, 15) is 0 Å². The predicted molar refractivity (Wildman–Crippen MR) is 163 cm³/mol. The number of nitrogens with zero attached hydrogens (tertiary/aromatic N) is 2. The van der Waals surface area contributed by atoms with Crippen LogP contribution >= 0.6 is 11.3 Å². The molecule has 0 saturated heterocycles. The highest BCUT2D eigenvalue weighted by Gasteiger charge is 2.19. The number of hydrogen-bond donors (Lipinski definition) is 0. The highest BCUT2D eigenvalue weighted by molar-refractivity contribution is 7.26. The predicted octanol–water partition coefficient (Wildman–Crippen LogP) is 9.93. The first kappa shape index (κ1) is 20.3. The average molecular weight is 501 g/mol. The van der Waals surface area contributed by atoms with E-state index in [4.69, 9.17) is 4.98 Å². The number of pyridine rings is 1. The van der Waals surface area contributed by atoms with Gasteiger partial charge >= 0.3 is 0 Å². The van der Waals surface area contributed by atoms with E-state index in [1.165, 1.54) is 69.4 Å². The molecule has 0 aliphatic carbocycles. The summed E-state index contributed by atoms with van der Waals surface area (Å²) in [7, 11) is 0. The van der Waals surface area contributed by atoms with E-state index in [2.05, 4.69) is 120 Å². The maximum Gasteiger partial charge on any atom is 0.0881 e. The molecule has 0 N–H and O–H groups in total. The Labute approximate surface area is 222 Å². The molecule has 0 fully saturated rings. The molecule has 0 saturated carbocycles. The van der Waals surface area contributed by atoms with Gasteiger partial charge in [-0.05, 0) is 29.3 Å². The Balaban J connectivity index is 1.35. The molecule has 4 heterocycles. The summed E-state index contributed by atoms with van der Waals surface area (Å²) in [4.78, 5) is 4.95. The molecule has 0 amide bonds. The second kappa shape index (κ2) is 7.41. The Bertz CT molecular complexity index is 2340. The van der Waals surface area contributed by atoms with Gasteiger partial charge < -0.3 is 4.40 Å². The second-order valence-electron chi connectivity index (χ2n) is 9.97. The molecule has 38 heavy (non-hydrogen) atoms. The van der Waals surface area contributed by atoms with Crippen LogP contribution in [0.15, 0.2) is 121 Å². The highest BCUT2D eigenvalue weighted by Crippen LogP contribution is 2.44. The molecular weight excluding hydrogens is 480 g/mol. The molecule has 0 aliphatic rings. The zero-order valence-electron chi connectivity index (χ0n) is 20.3. The zero-order chi connectivity index (χ0) is 24.8. The van der Waals surface area contributed by atoms with E-state index in [1.807, 2.05) is 17.5 Å². The Morgan fingerprint density at radius 3 is 2.11 bits per heavy atom. The van der Waals surface area contributed by atoms with Crippen LogP contribution in [0, 0.1) is 0 Å². The largest absolute Gasteiger partial charge is 0.308 e. The molecule has 3 heteroatoms. The summed E-state index contributed by atoms with van der Waals surface area (Å²) in [5, 5.41) is 7.77. The van der Waals surface area contributed by atoms with Gasteiger partial charge in [-0.1, -0.05) is 97.1 Å². The van der Waals surface area contributed by atoms with Crippen molar-refractivity contribution in [3.8, 4) is 22.4 Å². The first-order valence-corrected chi connectivity index (χ1v) is 13.7. The van der Waals surface area contributed by atoms with Gasteiger partial charge in [-0.25, -0.2) is 0 Å². The molecule has 176 valence electrons. The van der Waals surface area contributed by atoms with Crippen molar-refractivity contribution >= 4 is 69.6 Å².